The van der Waals surface area contributed by atoms with Crippen LogP contribution in [-0.4, -0.2) is 9.55 Å². The molecule has 0 bridgehead atoms. The number of hydrogen-bond acceptors (Lipinski definition) is 2. The van der Waals surface area contributed by atoms with Gasteiger partial charge in [-0.15, -0.1) is 11.3 Å². The van der Waals surface area contributed by atoms with E-state index in [1.807, 2.05) is 35.0 Å². The molecule has 0 radical (unpaired) electrons. The fourth-order valence-electron chi connectivity index (χ4n) is 2.43. The molecule has 0 atom stereocenters. The van der Waals surface area contributed by atoms with E-state index in [0.29, 0.717) is 6.54 Å². The summed E-state index contributed by atoms with van der Waals surface area (Å²) in [4.78, 5) is 4.62. The molecule has 20 heavy (non-hydrogen) atoms. The smallest absolute Gasteiger partial charge is 0.125 e. The van der Waals surface area contributed by atoms with Crippen LogP contribution in [0.4, 0.5) is 4.39 Å². The second kappa shape index (κ2) is 4.42. The van der Waals surface area contributed by atoms with E-state index in [1.165, 1.54) is 10.8 Å². The Hall–Kier alpha value is -2.20. The SMILES string of the molecule is Fc1ccc2ccn(Cc3nc4ccccc4s3)c2c1. The topological polar surface area (TPSA) is 17.8 Å². The molecule has 0 spiro atoms. The van der Waals surface area contributed by atoms with Crippen LogP contribution >= 0.6 is 11.3 Å². The zero-order chi connectivity index (χ0) is 13.5. The summed E-state index contributed by atoms with van der Waals surface area (Å²) >= 11 is 1.68. The van der Waals surface area contributed by atoms with Crippen LogP contribution in [0.2, 0.25) is 0 Å². The van der Waals surface area contributed by atoms with Crippen molar-refractivity contribution in [1.29, 1.82) is 0 Å². The normalized spacial score (nSPS) is 11.4. The van der Waals surface area contributed by atoms with Gasteiger partial charge < -0.3 is 4.57 Å². The summed E-state index contributed by atoms with van der Waals surface area (Å²) in [5.41, 5.74) is 1.93. The van der Waals surface area contributed by atoms with Crippen molar-refractivity contribution in [3.63, 3.8) is 0 Å². The predicted molar refractivity (Wildman–Crippen MR) is 80.6 cm³/mol. The number of benzene rings is 2. The third-order valence-corrected chi connectivity index (χ3v) is 4.40. The third kappa shape index (κ3) is 1.89. The first-order valence-electron chi connectivity index (χ1n) is 6.38. The van der Waals surface area contributed by atoms with Crippen molar-refractivity contribution in [2.75, 3.05) is 0 Å². The number of rotatable bonds is 2. The van der Waals surface area contributed by atoms with Crippen molar-refractivity contribution < 1.29 is 4.39 Å². The van der Waals surface area contributed by atoms with Crippen molar-refractivity contribution >= 4 is 32.5 Å². The molecule has 2 nitrogen and oxygen atoms in total. The number of hydrogen-bond donors (Lipinski definition) is 0. The monoisotopic (exact) mass is 282 g/mol. The number of halogens is 1. The van der Waals surface area contributed by atoms with Gasteiger partial charge in [-0.05, 0) is 41.8 Å². The number of para-hydroxylation sites is 1. The molecule has 0 fully saturated rings. The van der Waals surface area contributed by atoms with Crippen molar-refractivity contribution in [3.8, 4) is 0 Å². The lowest BCUT2D eigenvalue weighted by molar-refractivity contribution is 0.628. The van der Waals surface area contributed by atoms with E-state index < -0.39 is 0 Å². The number of fused-ring (bicyclic) bond motifs is 2. The third-order valence-electron chi connectivity index (χ3n) is 3.38. The number of aromatic nitrogens is 2. The zero-order valence-corrected chi connectivity index (χ0v) is 11.4. The molecule has 0 aliphatic rings. The standard InChI is InChI=1S/C16H11FN2S/c17-12-6-5-11-7-8-19(14(11)9-12)10-16-18-13-3-1-2-4-15(13)20-16/h1-9H,10H2. The van der Waals surface area contributed by atoms with Crippen LogP contribution < -0.4 is 0 Å². The van der Waals surface area contributed by atoms with Gasteiger partial charge in [0, 0.05) is 6.20 Å². The minimum absolute atomic E-state index is 0.207. The first-order chi connectivity index (χ1) is 9.79. The van der Waals surface area contributed by atoms with E-state index in [0.717, 1.165) is 21.4 Å². The average Bonchev–Trinajstić information content (AvgIpc) is 3.03. The summed E-state index contributed by atoms with van der Waals surface area (Å²) in [6.45, 7) is 0.673. The molecule has 0 amide bonds. The molecule has 0 N–H and O–H groups in total. The molecule has 4 heteroatoms. The molecule has 2 aromatic carbocycles. The average molecular weight is 282 g/mol. The van der Waals surface area contributed by atoms with Crippen LogP contribution in [0.3, 0.4) is 0 Å². The van der Waals surface area contributed by atoms with Crippen LogP contribution in [-0.2, 0) is 6.54 Å². The highest BCUT2D eigenvalue weighted by Gasteiger charge is 2.07. The maximum absolute atomic E-state index is 13.4. The fourth-order valence-corrected chi connectivity index (χ4v) is 3.39. The molecule has 2 heterocycles. The molecule has 0 unspecified atom stereocenters. The van der Waals surface area contributed by atoms with E-state index in [-0.39, 0.29) is 5.82 Å². The Labute approximate surface area is 119 Å². The molecule has 0 saturated heterocycles. The Morgan fingerprint density at radius 1 is 1.10 bits per heavy atom. The highest BCUT2D eigenvalue weighted by Crippen LogP contribution is 2.24. The quantitative estimate of drug-likeness (QED) is 0.531. The van der Waals surface area contributed by atoms with Crippen LogP contribution in [0.1, 0.15) is 5.01 Å². The van der Waals surface area contributed by atoms with Crippen molar-refractivity contribution in [1.82, 2.24) is 9.55 Å². The lowest BCUT2D eigenvalue weighted by atomic mass is 10.2. The fraction of sp³-hybridized carbons (Fsp3) is 0.0625. The molecule has 4 rings (SSSR count). The molecule has 98 valence electrons. The Morgan fingerprint density at radius 2 is 2.00 bits per heavy atom. The van der Waals surface area contributed by atoms with Crippen LogP contribution in [0.5, 0.6) is 0 Å². The summed E-state index contributed by atoms with van der Waals surface area (Å²) in [5, 5.41) is 2.08. The highest BCUT2D eigenvalue weighted by molar-refractivity contribution is 7.18. The lowest BCUT2D eigenvalue weighted by Crippen LogP contribution is -1.97. The second-order valence-electron chi connectivity index (χ2n) is 4.72. The van der Waals surface area contributed by atoms with E-state index in [9.17, 15) is 4.39 Å². The van der Waals surface area contributed by atoms with E-state index in [2.05, 4.69) is 11.1 Å². The van der Waals surface area contributed by atoms with Crippen LogP contribution in [0, 0.1) is 5.82 Å². The molecule has 0 saturated carbocycles. The Balaban J connectivity index is 1.78. The number of thiazole rings is 1. The molecule has 0 aliphatic carbocycles. The predicted octanol–water partition coefficient (Wildman–Crippen LogP) is 4.44. The maximum Gasteiger partial charge on any atom is 0.125 e. The molecule has 4 aromatic rings. The largest absolute Gasteiger partial charge is 0.341 e. The summed E-state index contributed by atoms with van der Waals surface area (Å²) in [5.74, 6) is -0.207. The van der Waals surface area contributed by atoms with Gasteiger partial charge in [0.05, 0.1) is 22.3 Å². The molecule has 0 aliphatic heterocycles. The summed E-state index contributed by atoms with van der Waals surface area (Å²) in [7, 11) is 0. The van der Waals surface area contributed by atoms with Gasteiger partial charge in [-0.25, -0.2) is 9.37 Å². The number of nitrogens with zero attached hydrogens (tertiary/aromatic N) is 2. The van der Waals surface area contributed by atoms with Gasteiger partial charge in [-0.2, -0.15) is 0 Å². The van der Waals surface area contributed by atoms with Crippen molar-refractivity contribution in [2.24, 2.45) is 0 Å². The van der Waals surface area contributed by atoms with Gasteiger partial charge in [0.15, 0.2) is 0 Å². The second-order valence-corrected chi connectivity index (χ2v) is 5.84. The van der Waals surface area contributed by atoms with Gasteiger partial charge in [-0.3, -0.25) is 0 Å². The minimum Gasteiger partial charge on any atom is -0.341 e. The van der Waals surface area contributed by atoms with Gasteiger partial charge >= 0.3 is 0 Å². The Morgan fingerprint density at radius 3 is 2.90 bits per heavy atom. The van der Waals surface area contributed by atoms with Crippen molar-refractivity contribution in [2.45, 2.75) is 6.54 Å². The Bertz CT molecular complexity index is 874. The highest BCUT2D eigenvalue weighted by atomic mass is 32.1. The summed E-state index contributed by atoms with van der Waals surface area (Å²) in [6.07, 6.45) is 1.98. The maximum atomic E-state index is 13.4. The summed E-state index contributed by atoms with van der Waals surface area (Å²) < 4.78 is 16.6. The van der Waals surface area contributed by atoms with E-state index in [1.54, 1.807) is 23.5 Å². The van der Waals surface area contributed by atoms with E-state index >= 15 is 0 Å². The van der Waals surface area contributed by atoms with Crippen LogP contribution in [0.15, 0.2) is 54.7 Å². The van der Waals surface area contributed by atoms with Crippen molar-refractivity contribution in [3.05, 3.63) is 65.6 Å². The van der Waals surface area contributed by atoms with Gasteiger partial charge in [0.2, 0.25) is 0 Å². The Kier molecular flexibility index (Phi) is 2.57. The van der Waals surface area contributed by atoms with Gasteiger partial charge in [0.25, 0.3) is 0 Å². The lowest BCUT2D eigenvalue weighted by Gasteiger charge is -2.02. The van der Waals surface area contributed by atoms with Gasteiger partial charge in [0.1, 0.15) is 10.8 Å². The first kappa shape index (κ1) is 11.6. The summed E-state index contributed by atoms with van der Waals surface area (Å²) in [6, 6.07) is 15.0. The molecular formula is C16H11FN2S. The van der Waals surface area contributed by atoms with Gasteiger partial charge in [-0.1, -0.05) is 12.1 Å². The first-order valence-corrected chi connectivity index (χ1v) is 7.20. The minimum atomic E-state index is -0.207. The molecular weight excluding hydrogens is 271 g/mol. The molecule has 2 aromatic heterocycles. The van der Waals surface area contributed by atoms with E-state index in [4.69, 9.17) is 0 Å². The van der Waals surface area contributed by atoms with Crippen LogP contribution in [0.25, 0.3) is 21.1 Å². The zero-order valence-electron chi connectivity index (χ0n) is 10.6.